The van der Waals surface area contributed by atoms with Crippen LogP contribution in [0.3, 0.4) is 0 Å². The first kappa shape index (κ1) is 25.7. The maximum Gasteiger partial charge on any atom is 0.263 e. The summed E-state index contributed by atoms with van der Waals surface area (Å²) in [5.41, 5.74) is 8.77. The van der Waals surface area contributed by atoms with Gasteiger partial charge in [-0.15, -0.1) is 5.10 Å². The van der Waals surface area contributed by atoms with E-state index in [0.717, 1.165) is 36.9 Å². The highest BCUT2D eigenvalue weighted by Crippen LogP contribution is 2.25. The molecular formula is C30H31N7O3. The minimum Gasteiger partial charge on any atom is -0.381 e. The Morgan fingerprint density at radius 3 is 2.83 bits per heavy atom. The number of hydrogen-bond donors (Lipinski definition) is 3. The van der Waals surface area contributed by atoms with Crippen LogP contribution < -0.4 is 21.9 Å². The van der Waals surface area contributed by atoms with Crippen molar-refractivity contribution in [1.29, 1.82) is 0 Å². The zero-order chi connectivity index (χ0) is 27.6. The number of para-hydroxylation sites is 1. The predicted molar refractivity (Wildman–Crippen MR) is 154 cm³/mol. The highest BCUT2D eigenvalue weighted by Gasteiger charge is 2.24. The maximum atomic E-state index is 14.2. The Morgan fingerprint density at radius 1 is 1.18 bits per heavy atom. The van der Waals surface area contributed by atoms with Crippen LogP contribution in [0, 0.1) is 0 Å². The summed E-state index contributed by atoms with van der Waals surface area (Å²) in [6.45, 7) is 3.94. The Kier molecular flexibility index (Phi) is 7.02. The number of benzene rings is 2. The van der Waals surface area contributed by atoms with Crippen molar-refractivity contribution < 1.29 is 9.53 Å². The summed E-state index contributed by atoms with van der Waals surface area (Å²) in [5, 5.41) is 12.1. The lowest BCUT2D eigenvalue weighted by Crippen LogP contribution is -2.33. The fourth-order valence-corrected chi connectivity index (χ4v) is 5.40. The number of hydrogen-bond acceptors (Lipinski definition) is 7. The third kappa shape index (κ3) is 4.83. The van der Waals surface area contributed by atoms with Gasteiger partial charge in [0.2, 0.25) is 0 Å². The van der Waals surface area contributed by atoms with Gasteiger partial charge in [-0.25, -0.2) is 9.50 Å². The van der Waals surface area contributed by atoms with Crippen LogP contribution in [0.1, 0.15) is 47.4 Å². The van der Waals surface area contributed by atoms with Crippen LogP contribution in [-0.2, 0) is 11.3 Å². The second-order valence-corrected chi connectivity index (χ2v) is 10.0. The van der Waals surface area contributed by atoms with Crippen LogP contribution in [0.15, 0.2) is 77.9 Å². The van der Waals surface area contributed by atoms with Crippen LogP contribution in [0.5, 0.6) is 0 Å². The molecule has 4 heterocycles. The lowest BCUT2D eigenvalue weighted by molar-refractivity contribution is 0.0941. The lowest BCUT2D eigenvalue weighted by Gasteiger charge is -2.22. The molecule has 4 N–H and O–H groups in total. The number of nitrogens with zero attached hydrogens (tertiary/aromatic N) is 4. The molecule has 10 heteroatoms. The summed E-state index contributed by atoms with van der Waals surface area (Å²) in [4.78, 5) is 31.9. The van der Waals surface area contributed by atoms with Gasteiger partial charge in [0.15, 0.2) is 11.5 Å². The highest BCUT2D eigenvalue weighted by atomic mass is 16.5. The van der Waals surface area contributed by atoms with Crippen molar-refractivity contribution in [2.75, 3.05) is 18.9 Å². The molecule has 0 radical (unpaired) electrons. The molecule has 204 valence electrons. The Bertz CT molecular complexity index is 1740. The predicted octanol–water partition coefficient (Wildman–Crippen LogP) is 3.38. The van der Waals surface area contributed by atoms with Crippen molar-refractivity contribution in [3.8, 4) is 5.69 Å². The van der Waals surface area contributed by atoms with Crippen molar-refractivity contribution in [2.24, 2.45) is 0 Å². The van der Waals surface area contributed by atoms with Gasteiger partial charge in [0.05, 0.1) is 17.5 Å². The molecule has 1 aliphatic heterocycles. The number of carbonyl (C=O) groups excluding carboxylic acids is 1. The fourth-order valence-electron chi connectivity index (χ4n) is 5.40. The van der Waals surface area contributed by atoms with E-state index in [9.17, 15) is 9.59 Å². The summed E-state index contributed by atoms with van der Waals surface area (Å²) in [5.74, 6) is -0.333. The first-order valence-corrected chi connectivity index (χ1v) is 13.5. The van der Waals surface area contributed by atoms with Crippen LogP contribution in [0.4, 0.5) is 5.82 Å². The van der Waals surface area contributed by atoms with Crippen LogP contribution in [-0.4, -0.2) is 44.3 Å². The van der Waals surface area contributed by atoms with Crippen molar-refractivity contribution >= 4 is 28.1 Å². The molecule has 3 aromatic heterocycles. The van der Waals surface area contributed by atoms with E-state index in [1.54, 1.807) is 23.0 Å². The van der Waals surface area contributed by atoms with Crippen LogP contribution >= 0.6 is 0 Å². The summed E-state index contributed by atoms with van der Waals surface area (Å²) in [7, 11) is 0. The first-order chi connectivity index (χ1) is 19.5. The first-order valence-electron chi connectivity index (χ1n) is 13.5. The SMILES string of the molecule is CC(NC(=O)c1c(N)nn2cccnc12)c1cc2cccc(CNCC3CCCO3)c2c(=O)n1-c1ccccc1. The molecule has 0 spiro atoms. The third-order valence-electron chi connectivity index (χ3n) is 7.33. The maximum absolute atomic E-state index is 14.2. The number of amides is 1. The number of aromatic nitrogens is 4. The van der Waals surface area contributed by atoms with Gasteiger partial charge in [0.1, 0.15) is 5.56 Å². The topological polar surface area (TPSA) is 129 Å². The normalized spacial score (nSPS) is 16.0. The molecule has 0 bridgehead atoms. The van der Waals surface area contributed by atoms with E-state index < -0.39 is 11.9 Å². The molecule has 1 saturated heterocycles. The molecule has 2 unspecified atom stereocenters. The molecule has 6 rings (SSSR count). The molecule has 10 nitrogen and oxygen atoms in total. The van der Waals surface area contributed by atoms with E-state index in [1.165, 1.54) is 4.52 Å². The highest BCUT2D eigenvalue weighted by molar-refractivity contribution is 6.04. The Labute approximate surface area is 230 Å². The van der Waals surface area contributed by atoms with E-state index in [-0.39, 0.29) is 23.0 Å². The Morgan fingerprint density at radius 2 is 2.02 bits per heavy atom. The van der Waals surface area contributed by atoms with Gasteiger partial charge < -0.3 is 21.1 Å². The number of ether oxygens (including phenoxy) is 1. The number of nitrogens with one attached hydrogen (secondary N) is 2. The number of pyridine rings is 1. The Hall–Kier alpha value is -4.54. The third-order valence-corrected chi connectivity index (χ3v) is 7.33. The molecule has 0 saturated carbocycles. The van der Waals surface area contributed by atoms with Gasteiger partial charge in [0, 0.05) is 43.5 Å². The molecular weight excluding hydrogens is 506 g/mol. The number of fused-ring (bicyclic) bond motifs is 2. The molecule has 5 aromatic rings. The molecule has 0 aliphatic carbocycles. The standard InChI is InChI=1S/C30H31N7O3/c1-19(34-29(38)26-27(31)35-36-14-7-13-33-28(26)36)24-16-20-8-5-9-21(17-32-18-23-12-6-15-40-23)25(20)30(39)37(24)22-10-3-2-4-11-22/h2-5,7-11,13-14,16,19,23,32H,6,12,15,17-18H2,1H3,(H2,31,35)(H,34,38). The fraction of sp³-hybridized carbons (Fsp3) is 0.267. The van der Waals surface area contributed by atoms with Gasteiger partial charge >= 0.3 is 0 Å². The molecule has 40 heavy (non-hydrogen) atoms. The van der Waals surface area contributed by atoms with E-state index in [4.69, 9.17) is 10.5 Å². The lowest BCUT2D eigenvalue weighted by atomic mass is 10.0. The van der Waals surface area contributed by atoms with Gasteiger partial charge in [-0.1, -0.05) is 36.4 Å². The number of rotatable bonds is 8. The largest absolute Gasteiger partial charge is 0.381 e. The molecule has 2 aromatic carbocycles. The molecule has 1 amide bonds. The average molecular weight is 538 g/mol. The smallest absolute Gasteiger partial charge is 0.263 e. The summed E-state index contributed by atoms with van der Waals surface area (Å²) >= 11 is 0. The quantitative estimate of drug-likeness (QED) is 0.277. The zero-order valence-electron chi connectivity index (χ0n) is 22.2. The molecule has 1 fully saturated rings. The van der Waals surface area contributed by atoms with Gasteiger partial charge in [0.25, 0.3) is 11.5 Å². The number of nitrogen functional groups attached to an aromatic ring is 1. The van der Waals surface area contributed by atoms with Crippen molar-refractivity contribution in [1.82, 2.24) is 29.8 Å². The second kappa shape index (κ2) is 10.9. The molecule has 1 aliphatic rings. The van der Waals surface area contributed by atoms with E-state index >= 15 is 0 Å². The van der Waals surface area contributed by atoms with E-state index in [1.807, 2.05) is 61.5 Å². The zero-order valence-corrected chi connectivity index (χ0v) is 22.2. The average Bonchev–Trinajstić information content (AvgIpc) is 3.60. The van der Waals surface area contributed by atoms with Crippen molar-refractivity contribution in [3.05, 3.63) is 100 Å². The van der Waals surface area contributed by atoms with Gasteiger partial charge in [-0.3, -0.25) is 14.2 Å². The van der Waals surface area contributed by atoms with Crippen LogP contribution in [0.25, 0.3) is 22.1 Å². The summed E-state index contributed by atoms with van der Waals surface area (Å²) in [6.07, 6.45) is 5.61. The minimum atomic E-state index is -0.538. The Balaban J connectivity index is 1.38. The van der Waals surface area contributed by atoms with E-state index in [2.05, 4.69) is 20.7 Å². The van der Waals surface area contributed by atoms with Gasteiger partial charge in [-0.05, 0) is 55.0 Å². The van der Waals surface area contributed by atoms with Crippen LogP contribution in [0.2, 0.25) is 0 Å². The van der Waals surface area contributed by atoms with E-state index in [0.29, 0.717) is 29.0 Å². The van der Waals surface area contributed by atoms with Crippen molar-refractivity contribution in [2.45, 2.75) is 38.5 Å². The monoisotopic (exact) mass is 537 g/mol. The number of nitrogens with two attached hydrogens (primary N) is 1. The second-order valence-electron chi connectivity index (χ2n) is 10.0. The van der Waals surface area contributed by atoms with Crippen molar-refractivity contribution in [3.63, 3.8) is 0 Å². The summed E-state index contributed by atoms with van der Waals surface area (Å²) in [6, 6.07) is 18.5. The summed E-state index contributed by atoms with van der Waals surface area (Å²) < 4.78 is 8.88. The van der Waals surface area contributed by atoms with Gasteiger partial charge in [-0.2, -0.15) is 0 Å². The number of carbonyl (C=O) groups is 1. The number of anilines is 1. The molecule has 2 atom stereocenters. The minimum absolute atomic E-state index is 0.0857.